The van der Waals surface area contributed by atoms with Crippen molar-refractivity contribution in [2.45, 2.75) is 31.7 Å². The van der Waals surface area contributed by atoms with E-state index in [1.165, 1.54) is 30.2 Å². The zero-order valence-corrected chi connectivity index (χ0v) is 22.8. The monoisotopic (exact) mass is 556 g/mol. The van der Waals surface area contributed by atoms with Crippen LogP contribution in [0.25, 0.3) is 11.1 Å². The van der Waals surface area contributed by atoms with Gasteiger partial charge in [0.15, 0.2) is 17.1 Å². The number of ether oxygens (including phenoxy) is 2. The van der Waals surface area contributed by atoms with Gasteiger partial charge in [-0.2, -0.15) is 0 Å². The number of para-hydroxylation sites is 1. The number of hydrogen-bond donors (Lipinski definition) is 1. The third-order valence-corrected chi connectivity index (χ3v) is 7.52. The number of hydrogen-bond acceptors (Lipinski definition) is 8. The van der Waals surface area contributed by atoms with Gasteiger partial charge in [0.25, 0.3) is 0 Å². The van der Waals surface area contributed by atoms with Gasteiger partial charge in [0.2, 0.25) is 5.91 Å². The highest BCUT2D eigenvalue weighted by molar-refractivity contribution is 7.99. The molecule has 0 aliphatic rings. The topological polar surface area (TPSA) is 95.3 Å². The van der Waals surface area contributed by atoms with Crippen LogP contribution in [0.1, 0.15) is 36.1 Å². The molecule has 4 rings (SSSR count). The number of benzene rings is 2. The van der Waals surface area contributed by atoms with Gasteiger partial charge in [-0.15, -0.1) is 21.5 Å². The van der Waals surface area contributed by atoms with E-state index in [-0.39, 0.29) is 17.8 Å². The number of nitrogens with zero attached hydrogens (tertiary/aromatic N) is 3. The minimum Gasteiger partial charge on any atom is -0.483 e. The summed E-state index contributed by atoms with van der Waals surface area (Å²) in [7, 11) is 1.31. The first-order chi connectivity index (χ1) is 17.9. The molecule has 0 spiro atoms. The third-order valence-electron chi connectivity index (χ3n) is 5.40. The number of nitrogens with one attached hydrogen (secondary N) is 1. The van der Waals surface area contributed by atoms with Crippen LogP contribution >= 0.6 is 34.7 Å². The van der Waals surface area contributed by atoms with Gasteiger partial charge >= 0.3 is 5.97 Å². The van der Waals surface area contributed by atoms with Gasteiger partial charge in [-0.1, -0.05) is 53.7 Å². The molecule has 1 atom stereocenters. The molecule has 37 heavy (non-hydrogen) atoms. The van der Waals surface area contributed by atoms with E-state index in [1.54, 1.807) is 12.1 Å². The summed E-state index contributed by atoms with van der Waals surface area (Å²) in [4.78, 5) is 25.4. The standard InChI is InChI=1S/C26H25ClN4O4S2/c1-4-31-23(16(2)35-19-8-6-5-7-9-19)29-30-26(31)37-15-21(32)28-24-22(25(33)34-3)20(14-36-24)17-10-12-18(27)13-11-17/h5-14,16H,4,15H2,1-3H3,(H,28,32). The minimum absolute atomic E-state index is 0.0842. The average molecular weight is 557 g/mol. The van der Waals surface area contributed by atoms with Gasteiger partial charge < -0.3 is 19.4 Å². The number of amides is 1. The number of rotatable bonds is 10. The van der Waals surface area contributed by atoms with E-state index in [1.807, 2.05) is 66.3 Å². The van der Waals surface area contributed by atoms with Gasteiger partial charge in [0.1, 0.15) is 16.3 Å². The minimum atomic E-state index is -0.531. The number of carbonyl (C=O) groups is 2. The maximum Gasteiger partial charge on any atom is 0.341 e. The van der Waals surface area contributed by atoms with Crippen molar-refractivity contribution < 1.29 is 19.1 Å². The molecule has 0 bridgehead atoms. The number of methoxy groups -OCH3 is 1. The zero-order chi connectivity index (χ0) is 26.4. The Morgan fingerprint density at radius 3 is 2.54 bits per heavy atom. The van der Waals surface area contributed by atoms with Crippen LogP contribution in [0.5, 0.6) is 5.75 Å². The Morgan fingerprint density at radius 2 is 1.86 bits per heavy atom. The molecule has 2 heterocycles. The Balaban J connectivity index is 1.45. The fourth-order valence-corrected chi connectivity index (χ4v) is 5.56. The summed E-state index contributed by atoms with van der Waals surface area (Å²) in [5, 5.41) is 14.9. The predicted molar refractivity (Wildman–Crippen MR) is 147 cm³/mol. The van der Waals surface area contributed by atoms with Gasteiger partial charge in [-0.25, -0.2) is 4.79 Å². The highest BCUT2D eigenvalue weighted by Crippen LogP contribution is 2.37. The SMILES string of the molecule is CCn1c(SCC(=O)Nc2scc(-c3ccc(Cl)cc3)c2C(=O)OC)nnc1C(C)Oc1ccccc1. The van der Waals surface area contributed by atoms with Crippen molar-refractivity contribution >= 4 is 51.6 Å². The molecule has 192 valence electrons. The molecule has 2 aromatic heterocycles. The molecule has 0 saturated carbocycles. The maximum absolute atomic E-state index is 12.8. The van der Waals surface area contributed by atoms with E-state index in [0.717, 1.165) is 11.3 Å². The molecule has 11 heteroatoms. The lowest BCUT2D eigenvalue weighted by Gasteiger charge is -2.15. The van der Waals surface area contributed by atoms with Gasteiger partial charge in [0.05, 0.1) is 12.9 Å². The van der Waals surface area contributed by atoms with Crippen LogP contribution in [-0.4, -0.2) is 39.5 Å². The van der Waals surface area contributed by atoms with E-state index in [9.17, 15) is 9.59 Å². The highest BCUT2D eigenvalue weighted by Gasteiger charge is 2.23. The molecule has 0 radical (unpaired) electrons. The van der Waals surface area contributed by atoms with Crippen LogP contribution in [0.15, 0.2) is 65.1 Å². The van der Waals surface area contributed by atoms with Gasteiger partial charge in [-0.05, 0) is 43.7 Å². The first-order valence-corrected chi connectivity index (χ1v) is 13.7. The van der Waals surface area contributed by atoms with Crippen LogP contribution in [0.2, 0.25) is 5.02 Å². The molecule has 2 aromatic carbocycles. The lowest BCUT2D eigenvalue weighted by molar-refractivity contribution is -0.113. The van der Waals surface area contributed by atoms with E-state index < -0.39 is 5.97 Å². The number of halogens is 1. The number of carbonyl (C=O) groups excluding carboxylic acids is 2. The summed E-state index contributed by atoms with van der Waals surface area (Å²) in [5.41, 5.74) is 1.77. The first-order valence-electron chi connectivity index (χ1n) is 11.4. The first kappa shape index (κ1) is 26.7. The van der Waals surface area contributed by atoms with E-state index in [2.05, 4.69) is 15.5 Å². The highest BCUT2D eigenvalue weighted by atomic mass is 35.5. The van der Waals surface area contributed by atoms with Crippen LogP contribution < -0.4 is 10.1 Å². The van der Waals surface area contributed by atoms with Crippen molar-refractivity contribution in [3.8, 4) is 16.9 Å². The number of anilines is 1. The number of thioether (sulfide) groups is 1. The molecular weight excluding hydrogens is 532 g/mol. The maximum atomic E-state index is 12.8. The van der Waals surface area contributed by atoms with Crippen molar-refractivity contribution in [1.82, 2.24) is 14.8 Å². The van der Waals surface area contributed by atoms with E-state index in [0.29, 0.717) is 38.7 Å². The fourth-order valence-electron chi connectivity index (χ4n) is 3.65. The van der Waals surface area contributed by atoms with Crippen molar-refractivity contribution in [3.63, 3.8) is 0 Å². The molecule has 8 nitrogen and oxygen atoms in total. The molecular formula is C26H25ClN4O4S2. The van der Waals surface area contributed by atoms with Crippen LogP contribution in [0.4, 0.5) is 5.00 Å². The predicted octanol–water partition coefficient (Wildman–Crippen LogP) is 6.34. The molecule has 0 fully saturated rings. The van der Waals surface area contributed by atoms with Crippen molar-refractivity contribution in [1.29, 1.82) is 0 Å². The number of thiophene rings is 1. The summed E-state index contributed by atoms with van der Waals surface area (Å²) < 4.78 is 12.9. The van der Waals surface area contributed by atoms with Crippen LogP contribution in [-0.2, 0) is 16.1 Å². The smallest absolute Gasteiger partial charge is 0.341 e. The third kappa shape index (κ3) is 6.33. The quantitative estimate of drug-likeness (QED) is 0.180. The van der Waals surface area contributed by atoms with E-state index in [4.69, 9.17) is 21.1 Å². The lowest BCUT2D eigenvalue weighted by atomic mass is 10.0. The fraction of sp³-hybridized carbons (Fsp3) is 0.231. The van der Waals surface area contributed by atoms with Crippen LogP contribution in [0.3, 0.4) is 0 Å². The molecule has 1 N–H and O–H groups in total. The summed E-state index contributed by atoms with van der Waals surface area (Å²) in [6.45, 7) is 4.52. The largest absolute Gasteiger partial charge is 0.483 e. The Kier molecular flexibility index (Phi) is 8.86. The summed E-state index contributed by atoms with van der Waals surface area (Å²) in [6.07, 6.45) is -0.321. The Morgan fingerprint density at radius 1 is 1.14 bits per heavy atom. The van der Waals surface area contributed by atoms with E-state index >= 15 is 0 Å². The number of aromatic nitrogens is 3. The summed E-state index contributed by atoms with van der Waals surface area (Å²) in [5.74, 6) is 0.691. The van der Waals surface area contributed by atoms with Crippen molar-refractivity contribution in [2.75, 3.05) is 18.2 Å². The Labute approximate surface area is 228 Å². The summed E-state index contributed by atoms with van der Waals surface area (Å²) >= 11 is 8.52. The molecule has 1 unspecified atom stereocenters. The second-order valence-corrected chi connectivity index (χ2v) is 10.1. The number of esters is 1. The molecule has 4 aromatic rings. The molecule has 0 aliphatic heterocycles. The zero-order valence-electron chi connectivity index (χ0n) is 20.4. The Hall–Kier alpha value is -3.34. The average Bonchev–Trinajstić information content (AvgIpc) is 3.52. The summed E-state index contributed by atoms with van der Waals surface area (Å²) in [6, 6.07) is 16.6. The Bertz CT molecular complexity index is 1370. The van der Waals surface area contributed by atoms with Crippen LogP contribution in [0, 0.1) is 0 Å². The lowest BCUT2D eigenvalue weighted by Crippen LogP contribution is -2.17. The molecule has 0 saturated heterocycles. The normalized spacial score (nSPS) is 11.7. The van der Waals surface area contributed by atoms with Gasteiger partial charge in [0, 0.05) is 22.5 Å². The van der Waals surface area contributed by atoms with Gasteiger partial charge in [-0.3, -0.25) is 4.79 Å². The van der Waals surface area contributed by atoms with Crippen molar-refractivity contribution in [3.05, 3.63) is 76.4 Å². The van der Waals surface area contributed by atoms with Crippen molar-refractivity contribution in [2.24, 2.45) is 0 Å². The second-order valence-electron chi connectivity index (χ2n) is 7.85. The molecule has 0 aliphatic carbocycles. The second kappa shape index (κ2) is 12.3. The molecule has 1 amide bonds.